The van der Waals surface area contributed by atoms with Crippen LogP contribution >= 0.6 is 15.9 Å². The molecule has 0 spiro atoms. The summed E-state index contributed by atoms with van der Waals surface area (Å²) >= 11 is 3.41. The van der Waals surface area contributed by atoms with E-state index in [1.165, 1.54) is 11.1 Å². The fourth-order valence-electron chi connectivity index (χ4n) is 1.98. The molecule has 0 aromatic heterocycles. The van der Waals surface area contributed by atoms with Crippen LogP contribution in [0.1, 0.15) is 36.5 Å². The zero-order valence-corrected chi connectivity index (χ0v) is 13.2. The van der Waals surface area contributed by atoms with Gasteiger partial charge in [0, 0.05) is 16.7 Å². The summed E-state index contributed by atoms with van der Waals surface area (Å²) in [5.74, 6) is 0.556. The van der Waals surface area contributed by atoms with E-state index >= 15 is 0 Å². The standard InChI is InChI=1S/C17H17BrN2/c1-12(2)15-5-3-13(4-6-15)11-20-17-8-14(10-19)7-16(18)9-17/h3-9,12,20H,11H2,1-2H3. The van der Waals surface area contributed by atoms with E-state index in [2.05, 4.69) is 65.4 Å². The van der Waals surface area contributed by atoms with Gasteiger partial charge >= 0.3 is 0 Å². The minimum atomic E-state index is 0.556. The summed E-state index contributed by atoms with van der Waals surface area (Å²) in [6, 6.07) is 16.4. The van der Waals surface area contributed by atoms with E-state index in [1.54, 1.807) is 0 Å². The van der Waals surface area contributed by atoms with Gasteiger partial charge in [-0.05, 0) is 35.2 Å². The number of halogens is 1. The number of rotatable bonds is 4. The average molecular weight is 329 g/mol. The summed E-state index contributed by atoms with van der Waals surface area (Å²) in [5.41, 5.74) is 4.18. The Balaban J connectivity index is 2.05. The van der Waals surface area contributed by atoms with E-state index in [1.807, 2.05) is 18.2 Å². The molecule has 2 rings (SSSR count). The molecule has 2 aromatic carbocycles. The Bertz CT molecular complexity index is 624. The smallest absolute Gasteiger partial charge is 0.0992 e. The van der Waals surface area contributed by atoms with Gasteiger partial charge in [-0.2, -0.15) is 5.26 Å². The maximum Gasteiger partial charge on any atom is 0.0992 e. The van der Waals surface area contributed by atoms with Gasteiger partial charge in [-0.1, -0.05) is 54.0 Å². The maximum atomic E-state index is 8.96. The zero-order chi connectivity index (χ0) is 14.5. The zero-order valence-electron chi connectivity index (χ0n) is 11.7. The normalized spacial score (nSPS) is 10.3. The topological polar surface area (TPSA) is 35.8 Å². The highest BCUT2D eigenvalue weighted by Gasteiger charge is 2.01. The fourth-order valence-corrected chi connectivity index (χ4v) is 2.47. The summed E-state index contributed by atoms with van der Waals surface area (Å²) in [4.78, 5) is 0. The molecule has 0 unspecified atom stereocenters. The van der Waals surface area contributed by atoms with Crippen LogP contribution in [0.25, 0.3) is 0 Å². The van der Waals surface area contributed by atoms with Crippen molar-refractivity contribution in [3.8, 4) is 6.07 Å². The third-order valence-corrected chi connectivity index (χ3v) is 3.63. The van der Waals surface area contributed by atoms with Crippen LogP contribution in [0, 0.1) is 11.3 Å². The number of nitrogens with zero attached hydrogens (tertiary/aromatic N) is 1. The second-order valence-electron chi connectivity index (χ2n) is 5.09. The van der Waals surface area contributed by atoms with Gasteiger partial charge in [-0.15, -0.1) is 0 Å². The van der Waals surface area contributed by atoms with Crippen LogP contribution in [0.4, 0.5) is 5.69 Å². The second kappa shape index (κ2) is 6.58. The maximum absolute atomic E-state index is 8.96. The molecule has 0 aliphatic carbocycles. The van der Waals surface area contributed by atoms with Crippen LogP contribution in [0.5, 0.6) is 0 Å². The van der Waals surface area contributed by atoms with Crippen molar-refractivity contribution in [3.63, 3.8) is 0 Å². The molecule has 0 saturated heterocycles. The number of anilines is 1. The predicted octanol–water partition coefficient (Wildman–Crippen LogP) is 5.06. The lowest BCUT2D eigenvalue weighted by molar-refractivity contribution is 0.865. The van der Waals surface area contributed by atoms with Crippen LogP contribution in [-0.2, 0) is 6.54 Å². The van der Waals surface area contributed by atoms with E-state index in [0.29, 0.717) is 11.5 Å². The van der Waals surface area contributed by atoms with Gasteiger partial charge in [0.1, 0.15) is 0 Å². The molecule has 1 N–H and O–H groups in total. The van der Waals surface area contributed by atoms with Gasteiger partial charge in [-0.3, -0.25) is 0 Å². The Morgan fingerprint density at radius 2 is 1.85 bits per heavy atom. The van der Waals surface area contributed by atoms with Gasteiger partial charge in [-0.25, -0.2) is 0 Å². The van der Waals surface area contributed by atoms with Crippen molar-refractivity contribution in [1.82, 2.24) is 0 Å². The lowest BCUT2D eigenvalue weighted by Gasteiger charge is -2.09. The van der Waals surface area contributed by atoms with Crippen LogP contribution in [0.15, 0.2) is 46.9 Å². The van der Waals surface area contributed by atoms with Crippen molar-refractivity contribution in [1.29, 1.82) is 5.26 Å². The highest BCUT2D eigenvalue weighted by molar-refractivity contribution is 9.10. The van der Waals surface area contributed by atoms with E-state index in [4.69, 9.17) is 5.26 Å². The van der Waals surface area contributed by atoms with Crippen molar-refractivity contribution in [2.45, 2.75) is 26.3 Å². The fraction of sp³-hybridized carbons (Fsp3) is 0.235. The Morgan fingerprint density at radius 3 is 2.45 bits per heavy atom. The largest absolute Gasteiger partial charge is 0.381 e. The number of hydrogen-bond donors (Lipinski definition) is 1. The van der Waals surface area contributed by atoms with Crippen molar-refractivity contribution < 1.29 is 0 Å². The summed E-state index contributed by atoms with van der Waals surface area (Å²) in [6.45, 7) is 5.13. The van der Waals surface area contributed by atoms with Crippen LogP contribution in [0.2, 0.25) is 0 Å². The summed E-state index contributed by atoms with van der Waals surface area (Å²) in [5, 5.41) is 12.3. The predicted molar refractivity (Wildman–Crippen MR) is 86.7 cm³/mol. The quantitative estimate of drug-likeness (QED) is 0.851. The van der Waals surface area contributed by atoms with Crippen molar-refractivity contribution in [2.24, 2.45) is 0 Å². The molecule has 0 aliphatic heterocycles. The van der Waals surface area contributed by atoms with E-state index in [9.17, 15) is 0 Å². The molecule has 0 heterocycles. The first-order chi connectivity index (χ1) is 9.58. The molecular weight excluding hydrogens is 312 g/mol. The van der Waals surface area contributed by atoms with E-state index < -0.39 is 0 Å². The molecular formula is C17H17BrN2. The molecule has 0 saturated carbocycles. The summed E-state index contributed by atoms with van der Waals surface area (Å²) in [7, 11) is 0. The molecule has 0 fully saturated rings. The Kier molecular flexibility index (Phi) is 4.81. The minimum Gasteiger partial charge on any atom is -0.381 e. The number of nitriles is 1. The molecule has 2 nitrogen and oxygen atoms in total. The SMILES string of the molecule is CC(C)c1ccc(CNc2cc(Br)cc(C#N)c2)cc1. The monoisotopic (exact) mass is 328 g/mol. The van der Waals surface area contributed by atoms with E-state index in [-0.39, 0.29) is 0 Å². The van der Waals surface area contributed by atoms with Crippen LogP contribution in [-0.4, -0.2) is 0 Å². The van der Waals surface area contributed by atoms with Gasteiger partial charge in [0.2, 0.25) is 0 Å². The molecule has 0 bridgehead atoms. The lowest BCUT2D eigenvalue weighted by Crippen LogP contribution is -2.00. The highest BCUT2D eigenvalue weighted by atomic mass is 79.9. The third kappa shape index (κ3) is 3.85. The summed E-state index contributed by atoms with van der Waals surface area (Å²) < 4.78 is 0.911. The van der Waals surface area contributed by atoms with Gasteiger partial charge in [0.05, 0.1) is 11.6 Å². The molecule has 102 valence electrons. The molecule has 2 aromatic rings. The first-order valence-electron chi connectivity index (χ1n) is 6.62. The number of hydrogen-bond acceptors (Lipinski definition) is 2. The van der Waals surface area contributed by atoms with Crippen LogP contribution < -0.4 is 5.32 Å². The molecule has 20 heavy (non-hydrogen) atoms. The minimum absolute atomic E-state index is 0.556. The van der Waals surface area contributed by atoms with Gasteiger partial charge in [0.25, 0.3) is 0 Å². The van der Waals surface area contributed by atoms with Gasteiger partial charge in [0.15, 0.2) is 0 Å². The molecule has 0 aliphatic rings. The molecule has 3 heteroatoms. The van der Waals surface area contributed by atoms with Gasteiger partial charge < -0.3 is 5.32 Å². The third-order valence-electron chi connectivity index (χ3n) is 3.17. The Labute approximate surface area is 128 Å². The Morgan fingerprint density at radius 1 is 1.15 bits per heavy atom. The highest BCUT2D eigenvalue weighted by Crippen LogP contribution is 2.20. The van der Waals surface area contributed by atoms with Crippen LogP contribution in [0.3, 0.4) is 0 Å². The second-order valence-corrected chi connectivity index (χ2v) is 6.01. The van der Waals surface area contributed by atoms with Crippen molar-refractivity contribution in [3.05, 3.63) is 63.6 Å². The Hall–Kier alpha value is -1.79. The summed E-state index contributed by atoms with van der Waals surface area (Å²) in [6.07, 6.45) is 0. The lowest BCUT2D eigenvalue weighted by atomic mass is 10.0. The molecule has 0 radical (unpaired) electrons. The first kappa shape index (κ1) is 14.6. The molecule has 0 amide bonds. The van der Waals surface area contributed by atoms with Crippen molar-refractivity contribution >= 4 is 21.6 Å². The van der Waals surface area contributed by atoms with E-state index in [0.717, 1.165) is 16.7 Å². The molecule has 0 atom stereocenters. The van der Waals surface area contributed by atoms with Crippen molar-refractivity contribution in [2.75, 3.05) is 5.32 Å². The number of nitrogens with one attached hydrogen (secondary N) is 1. The first-order valence-corrected chi connectivity index (χ1v) is 7.41. The average Bonchev–Trinajstić information content (AvgIpc) is 2.45. The number of benzene rings is 2.